The van der Waals surface area contributed by atoms with E-state index < -0.39 is 5.97 Å². The normalized spacial score (nSPS) is 10.5. The Morgan fingerprint density at radius 1 is 1.29 bits per heavy atom. The summed E-state index contributed by atoms with van der Waals surface area (Å²) in [6.45, 7) is 0. The second kappa shape index (κ2) is 7.05. The van der Waals surface area contributed by atoms with Crippen molar-refractivity contribution in [3.05, 3.63) is 52.5 Å². The molecule has 0 fully saturated rings. The number of aryl methyl sites for hydroxylation is 1. The van der Waals surface area contributed by atoms with Crippen molar-refractivity contribution in [2.24, 2.45) is 0 Å². The molecule has 1 amide bonds. The molecule has 0 bridgehead atoms. The van der Waals surface area contributed by atoms with Crippen molar-refractivity contribution in [3.63, 3.8) is 0 Å². The second-order valence-corrected chi connectivity index (χ2v) is 5.74. The highest BCUT2D eigenvalue weighted by molar-refractivity contribution is 7.08. The number of hydrogen-bond acceptors (Lipinski definition) is 6. The molecule has 0 saturated heterocycles. The number of amides is 1. The monoisotopic (exact) mass is 343 g/mol. The van der Waals surface area contributed by atoms with Gasteiger partial charge in [-0.2, -0.15) is 16.3 Å². The lowest BCUT2D eigenvalue weighted by atomic mass is 10.2. The van der Waals surface area contributed by atoms with Gasteiger partial charge in [-0.05, 0) is 29.6 Å². The van der Waals surface area contributed by atoms with Gasteiger partial charge in [0.05, 0.1) is 5.56 Å². The fourth-order valence-electron chi connectivity index (χ4n) is 2.04. The first-order valence-electron chi connectivity index (χ1n) is 7.10. The molecule has 0 saturated carbocycles. The van der Waals surface area contributed by atoms with Crippen LogP contribution in [0.25, 0.3) is 11.4 Å². The molecule has 0 unspecified atom stereocenters. The summed E-state index contributed by atoms with van der Waals surface area (Å²) >= 11 is 1.54. The largest absolute Gasteiger partial charge is 0.478 e. The van der Waals surface area contributed by atoms with Crippen molar-refractivity contribution < 1.29 is 19.2 Å². The highest BCUT2D eigenvalue weighted by Crippen LogP contribution is 2.19. The molecule has 1 aromatic carbocycles. The lowest BCUT2D eigenvalue weighted by molar-refractivity contribution is -0.116. The Balaban J connectivity index is 1.56. The predicted molar refractivity (Wildman–Crippen MR) is 88.0 cm³/mol. The number of thiophene rings is 1. The highest BCUT2D eigenvalue weighted by atomic mass is 32.1. The fourth-order valence-corrected chi connectivity index (χ4v) is 2.67. The lowest BCUT2D eigenvalue weighted by Gasteiger charge is -2.04. The number of rotatable bonds is 6. The third-order valence-corrected chi connectivity index (χ3v) is 3.89. The number of nitrogens with one attached hydrogen (secondary N) is 1. The molecule has 2 aromatic heterocycles. The van der Waals surface area contributed by atoms with E-state index in [1.54, 1.807) is 12.1 Å². The van der Waals surface area contributed by atoms with Crippen molar-refractivity contribution >= 4 is 28.9 Å². The van der Waals surface area contributed by atoms with Crippen molar-refractivity contribution in [1.82, 2.24) is 10.1 Å². The minimum absolute atomic E-state index is 0.116. The molecule has 24 heavy (non-hydrogen) atoms. The van der Waals surface area contributed by atoms with Crippen molar-refractivity contribution in [1.29, 1.82) is 0 Å². The van der Waals surface area contributed by atoms with Crippen LogP contribution in [0.15, 0.2) is 45.6 Å². The number of carboxylic acid groups (broad SMARTS) is 1. The molecule has 0 aliphatic rings. The predicted octanol–water partition coefficient (Wildman–Crippen LogP) is 3.07. The fraction of sp³-hybridized carbons (Fsp3) is 0.125. The second-order valence-electron chi connectivity index (χ2n) is 4.96. The van der Waals surface area contributed by atoms with E-state index in [-0.39, 0.29) is 17.9 Å². The summed E-state index contributed by atoms with van der Waals surface area (Å²) in [7, 11) is 0. The van der Waals surface area contributed by atoms with E-state index in [2.05, 4.69) is 15.5 Å². The molecule has 0 aliphatic heterocycles. The van der Waals surface area contributed by atoms with Gasteiger partial charge in [0.15, 0.2) is 0 Å². The average Bonchev–Trinajstić information content (AvgIpc) is 3.24. The van der Waals surface area contributed by atoms with Crippen LogP contribution in [0.2, 0.25) is 0 Å². The zero-order chi connectivity index (χ0) is 16.9. The number of nitrogens with zero attached hydrogens (tertiary/aromatic N) is 2. The van der Waals surface area contributed by atoms with Gasteiger partial charge in [0.25, 0.3) is 0 Å². The maximum Gasteiger partial charge on any atom is 0.335 e. The Labute approximate surface area is 140 Å². The summed E-state index contributed by atoms with van der Waals surface area (Å²) in [5, 5.41) is 19.3. The van der Waals surface area contributed by atoms with Gasteiger partial charge in [-0.3, -0.25) is 4.79 Å². The van der Waals surface area contributed by atoms with Gasteiger partial charge in [-0.25, -0.2) is 4.79 Å². The smallest absolute Gasteiger partial charge is 0.335 e. The summed E-state index contributed by atoms with van der Waals surface area (Å²) in [6, 6.07) is 7.96. The van der Waals surface area contributed by atoms with Crippen molar-refractivity contribution in [2.75, 3.05) is 5.32 Å². The van der Waals surface area contributed by atoms with Crippen LogP contribution in [0.3, 0.4) is 0 Å². The van der Waals surface area contributed by atoms with Gasteiger partial charge in [0.2, 0.25) is 17.6 Å². The number of anilines is 1. The minimum atomic E-state index is -1.04. The molecular weight excluding hydrogens is 330 g/mol. The summed E-state index contributed by atoms with van der Waals surface area (Å²) in [5.41, 5.74) is 1.43. The Bertz CT molecular complexity index is 858. The van der Waals surface area contributed by atoms with Gasteiger partial charge in [-0.15, -0.1) is 0 Å². The summed E-state index contributed by atoms with van der Waals surface area (Å²) in [4.78, 5) is 27.1. The Kier molecular flexibility index (Phi) is 4.66. The van der Waals surface area contributed by atoms with E-state index in [0.717, 1.165) is 5.56 Å². The molecular formula is C16H13N3O4S. The van der Waals surface area contributed by atoms with Gasteiger partial charge < -0.3 is 14.9 Å². The molecule has 3 rings (SSSR count). The van der Waals surface area contributed by atoms with Gasteiger partial charge >= 0.3 is 5.97 Å². The van der Waals surface area contributed by atoms with Crippen LogP contribution in [0.1, 0.15) is 22.7 Å². The van der Waals surface area contributed by atoms with Crippen LogP contribution >= 0.6 is 11.3 Å². The van der Waals surface area contributed by atoms with Gasteiger partial charge in [0, 0.05) is 29.5 Å². The van der Waals surface area contributed by atoms with E-state index in [1.807, 2.05) is 16.8 Å². The maximum atomic E-state index is 12.0. The molecule has 2 N–H and O–H groups in total. The summed E-state index contributed by atoms with van der Waals surface area (Å²) in [6.07, 6.45) is 0.462. The van der Waals surface area contributed by atoms with Crippen molar-refractivity contribution in [3.8, 4) is 11.4 Å². The summed E-state index contributed by atoms with van der Waals surface area (Å²) < 4.78 is 5.13. The number of aromatic carboxylic acids is 1. The molecule has 3 aromatic rings. The number of benzene rings is 1. The zero-order valence-corrected chi connectivity index (χ0v) is 13.2. The minimum Gasteiger partial charge on any atom is -0.478 e. The Hall–Kier alpha value is -3.00. The zero-order valence-electron chi connectivity index (χ0n) is 12.4. The topological polar surface area (TPSA) is 105 Å². The van der Waals surface area contributed by atoms with Crippen LogP contribution in [0.5, 0.6) is 0 Å². The molecule has 122 valence electrons. The first kappa shape index (κ1) is 15.9. The highest BCUT2D eigenvalue weighted by Gasteiger charge is 2.11. The number of carboxylic acids is 1. The molecule has 8 heteroatoms. The third-order valence-electron chi connectivity index (χ3n) is 3.21. The van der Waals surface area contributed by atoms with E-state index in [9.17, 15) is 9.59 Å². The van der Waals surface area contributed by atoms with Crippen LogP contribution in [-0.2, 0) is 11.2 Å². The van der Waals surface area contributed by atoms with Crippen LogP contribution in [-0.4, -0.2) is 27.1 Å². The molecule has 0 atom stereocenters. The van der Waals surface area contributed by atoms with Crippen LogP contribution < -0.4 is 5.32 Å². The summed E-state index contributed by atoms with van der Waals surface area (Å²) in [5.74, 6) is -0.419. The quantitative estimate of drug-likeness (QED) is 0.712. The van der Waals surface area contributed by atoms with Crippen LogP contribution in [0.4, 0.5) is 5.69 Å². The molecule has 0 radical (unpaired) electrons. The number of hydrogen-bond donors (Lipinski definition) is 2. The molecule has 0 aliphatic carbocycles. The van der Waals surface area contributed by atoms with Gasteiger partial charge in [-0.1, -0.05) is 11.2 Å². The number of carbonyl (C=O) groups excluding carboxylic acids is 1. The number of carbonyl (C=O) groups is 2. The average molecular weight is 343 g/mol. The maximum absolute atomic E-state index is 12.0. The molecule has 0 spiro atoms. The van der Waals surface area contributed by atoms with Crippen LogP contribution in [0, 0.1) is 0 Å². The molecule has 2 heterocycles. The van der Waals surface area contributed by atoms with E-state index in [4.69, 9.17) is 9.63 Å². The molecule has 7 nitrogen and oxygen atoms in total. The first-order chi connectivity index (χ1) is 11.6. The van der Waals surface area contributed by atoms with E-state index in [0.29, 0.717) is 23.8 Å². The van der Waals surface area contributed by atoms with Crippen molar-refractivity contribution in [2.45, 2.75) is 12.8 Å². The SMILES string of the molecule is O=C(CCc1nc(-c2ccsc2)no1)Nc1cccc(C(=O)O)c1. The Morgan fingerprint density at radius 2 is 2.17 bits per heavy atom. The lowest BCUT2D eigenvalue weighted by Crippen LogP contribution is -2.13. The third kappa shape index (κ3) is 3.85. The standard InChI is InChI=1S/C16H13N3O4S/c20-13(17-12-3-1-2-10(8-12)16(21)22)4-5-14-18-15(19-23-14)11-6-7-24-9-11/h1-3,6-9H,4-5H2,(H,17,20)(H,21,22). The first-order valence-corrected chi connectivity index (χ1v) is 8.04. The van der Waals surface area contributed by atoms with E-state index >= 15 is 0 Å². The van der Waals surface area contributed by atoms with E-state index in [1.165, 1.54) is 23.5 Å². The van der Waals surface area contributed by atoms with Gasteiger partial charge in [0.1, 0.15) is 0 Å². The Morgan fingerprint density at radius 3 is 2.92 bits per heavy atom. The number of aromatic nitrogens is 2.